The molecule has 51 heavy (non-hydrogen) atoms. The number of nitrogens with zero attached hydrogens (tertiary/aromatic N) is 3. The molecule has 2 aliphatic heterocycles. The highest BCUT2D eigenvalue weighted by molar-refractivity contribution is 7.91. The summed E-state index contributed by atoms with van der Waals surface area (Å²) in [6, 6.07) is 4.87. The molecule has 1 aromatic heterocycles. The van der Waals surface area contributed by atoms with Crippen LogP contribution in [0.1, 0.15) is 72.1 Å². The number of carboxylic acid groups (broad SMARTS) is 1. The Balaban J connectivity index is 1.35. The minimum atomic E-state index is -4.00. The number of sulfonamides is 1. The number of carbonyl (C=O) groups excluding carboxylic acids is 3. The van der Waals surface area contributed by atoms with Crippen LogP contribution < -0.4 is 24.8 Å². The minimum Gasteiger partial charge on any atom is -0.479 e. The van der Waals surface area contributed by atoms with Gasteiger partial charge in [-0.05, 0) is 69.4 Å². The topological polar surface area (TPSA) is 206 Å². The zero-order chi connectivity index (χ0) is 36.7. The number of aromatic nitrogens is 2. The van der Waals surface area contributed by atoms with Crippen molar-refractivity contribution in [3.63, 3.8) is 0 Å². The summed E-state index contributed by atoms with van der Waals surface area (Å²) in [5.41, 5.74) is -1.55. The molecule has 1 saturated heterocycles. The van der Waals surface area contributed by atoms with Gasteiger partial charge in [0.2, 0.25) is 33.6 Å². The Morgan fingerprint density at radius 1 is 1.12 bits per heavy atom. The monoisotopic (exact) mass is 726 g/mol. The molecular formula is C35H46N6O9S. The van der Waals surface area contributed by atoms with Gasteiger partial charge < -0.3 is 30.1 Å². The Labute approximate surface area is 296 Å². The van der Waals surface area contributed by atoms with Crippen LogP contribution in [0.25, 0.3) is 10.8 Å². The van der Waals surface area contributed by atoms with Gasteiger partial charge in [0, 0.05) is 12.3 Å². The fourth-order valence-electron chi connectivity index (χ4n) is 7.40. The maximum atomic E-state index is 14.5. The van der Waals surface area contributed by atoms with Crippen LogP contribution in [0, 0.1) is 17.8 Å². The van der Waals surface area contributed by atoms with Crippen molar-refractivity contribution in [2.45, 2.75) is 101 Å². The van der Waals surface area contributed by atoms with E-state index in [4.69, 9.17) is 9.47 Å². The molecule has 276 valence electrons. The molecule has 6 rings (SSSR count). The average Bonchev–Trinajstić information content (AvgIpc) is 3.97. The van der Waals surface area contributed by atoms with Crippen LogP contribution in [0.15, 0.2) is 36.4 Å². The van der Waals surface area contributed by atoms with E-state index in [0.717, 1.165) is 6.42 Å². The highest BCUT2D eigenvalue weighted by atomic mass is 32.2. The highest BCUT2D eigenvalue weighted by Crippen LogP contribution is 2.47. The number of benzene rings is 1. The third kappa shape index (κ3) is 7.19. The SMILES string of the molecule is CC[C@@H]1CC(C)CC/C=C\C2C[C@@]2(C(=O)NS(=O)(=O)C2(C)CC2)NC(=O)[C@@H]2C[C@@H](Oc3nnc(OC)c4ccccc34)CN2C(=O)[C@H]1NC(=O)O. The van der Waals surface area contributed by atoms with E-state index in [1.165, 1.54) is 12.0 Å². The van der Waals surface area contributed by atoms with Gasteiger partial charge in [-0.1, -0.05) is 44.6 Å². The molecule has 2 aliphatic carbocycles. The number of ether oxygens (including phenoxy) is 2. The van der Waals surface area contributed by atoms with Crippen LogP contribution in [0.3, 0.4) is 0 Å². The molecule has 16 heteroatoms. The second-order valence-electron chi connectivity index (χ2n) is 14.6. The number of hydrogen-bond donors (Lipinski definition) is 4. The largest absolute Gasteiger partial charge is 0.479 e. The molecule has 4 amide bonds. The lowest BCUT2D eigenvalue weighted by molar-refractivity contribution is -0.142. The highest BCUT2D eigenvalue weighted by Gasteiger charge is 2.63. The van der Waals surface area contributed by atoms with Crippen molar-refractivity contribution in [3.05, 3.63) is 36.4 Å². The number of allylic oxidation sites excluding steroid dienone is 1. The second kappa shape index (κ2) is 13.9. The molecule has 3 heterocycles. The number of rotatable bonds is 8. The molecule has 4 aliphatic rings. The van der Waals surface area contributed by atoms with Crippen molar-refractivity contribution in [2.24, 2.45) is 17.8 Å². The predicted octanol–water partition coefficient (Wildman–Crippen LogP) is 2.90. The van der Waals surface area contributed by atoms with Crippen molar-refractivity contribution in [1.82, 2.24) is 30.5 Å². The van der Waals surface area contributed by atoms with Gasteiger partial charge in [0.1, 0.15) is 23.7 Å². The van der Waals surface area contributed by atoms with Gasteiger partial charge in [-0.25, -0.2) is 13.2 Å². The van der Waals surface area contributed by atoms with Crippen molar-refractivity contribution in [3.8, 4) is 11.8 Å². The Bertz CT molecular complexity index is 1850. The molecule has 1 aromatic carbocycles. The quantitative estimate of drug-likeness (QED) is 0.291. The lowest BCUT2D eigenvalue weighted by Crippen LogP contribution is -2.59. The Hall–Kier alpha value is -4.47. The van der Waals surface area contributed by atoms with E-state index in [1.54, 1.807) is 25.1 Å². The van der Waals surface area contributed by atoms with Gasteiger partial charge in [-0.2, -0.15) is 0 Å². The van der Waals surface area contributed by atoms with E-state index in [9.17, 15) is 32.7 Å². The lowest BCUT2D eigenvalue weighted by atomic mass is 9.85. The third-order valence-electron chi connectivity index (χ3n) is 11.0. The van der Waals surface area contributed by atoms with Crippen molar-refractivity contribution < 1.29 is 42.2 Å². The molecule has 2 aromatic rings. The summed E-state index contributed by atoms with van der Waals surface area (Å²) in [5, 5.41) is 24.7. The number of amides is 4. The normalized spacial score (nSPS) is 31.2. The van der Waals surface area contributed by atoms with Gasteiger partial charge in [-0.3, -0.25) is 19.1 Å². The molecule has 3 fully saturated rings. The molecule has 0 bridgehead atoms. The molecule has 2 saturated carbocycles. The van der Waals surface area contributed by atoms with E-state index in [2.05, 4.69) is 25.6 Å². The van der Waals surface area contributed by atoms with Crippen LogP contribution in [0.5, 0.6) is 11.8 Å². The van der Waals surface area contributed by atoms with Crippen molar-refractivity contribution in [2.75, 3.05) is 13.7 Å². The van der Waals surface area contributed by atoms with E-state index in [-0.39, 0.29) is 37.1 Å². The third-order valence-corrected chi connectivity index (χ3v) is 13.1. The van der Waals surface area contributed by atoms with Gasteiger partial charge in [-0.15, -0.1) is 10.2 Å². The average molecular weight is 727 g/mol. The minimum absolute atomic E-state index is 0.0127. The fourth-order valence-corrected chi connectivity index (χ4v) is 8.71. The van der Waals surface area contributed by atoms with Gasteiger partial charge in [0.05, 0.1) is 29.2 Å². The van der Waals surface area contributed by atoms with Crippen LogP contribution in [0.4, 0.5) is 4.79 Å². The van der Waals surface area contributed by atoms with E-state index < -0.39 is 68.2 Å². The number of fused-ring (bicyclic) bond motifs is 3. The zero-order valence-electron chi connectivity index (χ0n) is 29.3. The van der Waals surface area contributed by atoms with Crippen molar-refractivity contribution in [1.29, 1.82) is 0 Å². The van der Waals surface area contributed by atoms with Crippen LogP contribution in [-0.2, 0) is 24.4 Å². The van der Waals surface area contributed by atoms with Crippen molar-refractivity contribution >= 4 is 44.6 Å². The fraction of sp³-hybridized carbons (Fsp3) is 0.600. The van der Waals surface area contributed by atoms with E-state index in [0.29, 0.717) is 48.8 Å². The number of carbonyl (C=O) groups is 4. The first-order valence-electron chi connectivity index (χ1n) is 17.5. The Morgan fingerprint density at radius 3 is 2.45 bits per heavy atom. The molecular weight excluding hydrogens is 680 g/mol. The van der Waals surface area contributed by atoms with E-state index >= 15 is 0 Å². The van der Waals surface area contributed by atoms with Gasteiger partial charge in [0.25, 0.3) is 5.91 Å². The molecule has 15 nitrogen and oxygen atoms in total. The first kappa shape index (κ1) is 36.3. The van der Waals surface area contributed by atoms with Crippen LogP contribution >= 0.6 is 0 Å². The number of hydrogen-bond acceptors (Lipinski definition) is 10. The molecule has 7 atom stereocenters. The van der Waals surface area contributed by atoms with E-state index in [1.807, 2.05) is 32.1 Å². The molecule has 2 unspecified atom stereocenters. The summed E-state index contributed by atoms with van der Waals surface area (Å²) in [6.07, 6.45) is 5.13. The zero-order valence-corrected chi connectivity index (χ0v) is 30.1. The number of methoxy groups -OCH3 is 1. The first-order chi connectivity index (χ1) is 24.2. The van der Waals surface area contributed by atoms with Crippen LogP contribution in [-0.4, -0.2) is 94.6 Å². The first-order valence-corrected chi connectivity index (χ1v) is 19.0. The number of nitrogens with one attached hydrogen (secondary N) is 3. The predicted molar refractivity (Wildman–Crippen MR) is 185 cm³/mol. The Morgan fingerprint density at radius 2 is 1.80 bits per heavy atom. The van der Waals surface area contributed by atoms with Crippen LogP contribution in [0.2, 0.25) is 0 Å². The maximum Gasteiger partial charge on any atom is 0.405 e. The standard InChI is InChI=1S/C35H46N6O9S/c1-5-21-16-20(2)10-6-7-11-22-18-35(22,32(44)40-51(47,48)34(3)14-15-34)37-28(42)26-17-23(19-41(26)31(43)27(21)36-33(45)46)50-30-25-13-9-8-12-24(25)29(49-4)38-39-30/h7-9,11-13,20-23,26-27,36H,5-6,10,14-19H2,1-4H3,(H,37,42)(H,40,44)(H,45,46)/b11-7-/t20?,21-,22?,23-,26+,27+,35-/m1/s1. The lowest BCUT2D eigenvalue weighted by Gasteiger charge is -2.33. The second-order valence-corrected chi connectivity index (χ2v) is 16.8. The maximum absolute atomic E-state index is 14.5. The molecule has 0 radical (unpaired) electrons. The summed E-state index contributed by atoms with van der Waals surface area (Å²) in [4.78, 5) is 56.0. The summed E-state index contributed by atoms with van der Waals surface area (Å²) < 4.78 is 39.1. The summed E-state index contributed by atoms with van der Waals surface area (Å²) in [6.45, 7) is 5.43. The van der Waals surface area contributed by atoms with Gasteiger partial charge >= 0.3 is 6.09 Å². The smallest absolute Gasteiger partial charge is 0.405 e. The molecule has 4 N–H and O–H groups in total. The summed E-state index contributed by atoms with van der Waals surface area (Å²) in [7, 11) is -2.53. The summed E-state index contributed by atoms with van der Waals surface area (Å²) >= 11 is 0. The summed E-state index contributed by atoms with van der Waals surface area (Å²) in [5.74, 6) is -2.33. The van der Waals surface area contributed by atoms with Gasteiger partial charge in [0.15, 0.2) is 0 Å². The molecule has 0 spiro atoms. The Kier molecular flexibility index (Phi) is 9.92.